The van der Waals surface area contributed by atoms with Crippen molar-refractivity contribution in [3.8, 4) is 0 Å². The summed E-state index contributed by atoms with van der Waals surface area (Å²) < 4.78 is 26.3. The van der Waals surface area contributed by atoms with Gasteiger partial charge in [-0.25, -0.2) is 8.42 Å². The predicted octanol–water partition coefficient (Wildman–Crippen LogP) is 4.84. The number of rotatable bonds is 12. The Morgan fingerprint density at radius 2 is 1.67 bits per heavy atom. The summed E-state index contributed by atoms with van der Waals surface area (Å²) in [5, 5.41) is 3.53. The highest BCUT2D eigenvalue weighted by Gasteiger charge is 2.27. The van der Waals surface area contributed by atoms with Gasteiger partial charge in [-0.15, -0.1) is 0 Å². The van der Waals surface area contributed by atoms with E-state index >= 15 is 0 Å². The van der Waals surface area contributed by atoms with E-state index in [0.29, 0.717) is 17.1 Å². The van der Waals surface area contributed by atoms with Crippen molar-refractivity contribution in [2.24, 2.45) is 0 Å². The van der Waals surface area contributed by atoms with Gasteiger partial charge in [0.05, 0.1) is 11.9 Å². The number of amides is 2. The summed E-state index contributed by atoms with van der Waals surface area (Å²) in [6, 6.07) is 12.0. The molecule has 0 aliphatic carbocycles. The molecule has 7 nitrogen and oxygen atoms in total. The number of anilines is 1. The van der Waals surface area contributed by atoms with Crippen molar-refractivity contribution in [1.29, 1.82) is 0 Å². The highest BCUT2D eigenvalue weighted by atomic mass is 35.5. The number of halogens is 1. The summed E-state index contributed by atoms with van der Waals surface area (Å²) in [6.45, 7) is 9.92. The molecule has 0 aromatic heterocycles. The van der Waals surface area contributed by atoms with Crippen LogP contribution in [0.5, 0.6) is 0 Å². The molecule has 0 fully saturated rings. The van der Waals surface area contributed by atoms with Crippen molar-refractivity contribution in [3.63, 3.8) is 0 Å². The molecule has 198 valence electrons. The number of sulfonamides is 1. The summed E-state index contributed by atoms with van der Waals surface area (Å²) in [6.07, 6.45) is 2.36. The fourth-order valence-electron chi connectivity index (χ4n) is 3.72. The Hall–Kier alpha value is -2.58. The number of hydrogen-bond acceptors (Lipinski definition) is 4. The van der Waals surface area contributed by atoms with Gasteiger partial charge in [-0.05, 0) is 81.5 Å². The van der Waals surface area contributed by atoms with Crippen LogP contribution in [0.1, 0.15) is 56.7 Å². The molecule has 2 aromatic carbocycles. The minimum Gasteiger partial charge on any atom is -0.352 e. The summed E-state index contributed by atoms with van der Waals surface area (Å²) in [7, 11) is -3.53. The normalized spacial score (nSPS) is 13.1. The maximum Gasteiger partial charge on any atom is 0.242 e. The van der Waals surface area contributed by atoms with Crippen LogP contribution in [0.4, 0.5) is 5.69 Å². The second kappa shape index (κ2) is 13.1. The Morgan fingerprint density at radius 3 is 2.22 bits per heavy atom. The van der Waals surface area contributed by atoms with Crippen molar-refractivity contribution in [3.05, 3.63) is 64.2 Å². The van der Waals surface area contributed by atoms with Gasteiger partial charge in [0.15, 0.2) is 0 Å². The summed E-state index contributed by atoms with van der Waals surface area (Å²) in [5.74, 6) is -0.440. The van der Waals surface area contributed by atoms with Gasteiger partial charge in [0, 0.05) is 30.6 Å². The molecule has 0 bridgehead atoms. The first-order chi connectivity index (χ1) is 16.8. The van der Waals surface area contributed by atoms with Crippen LogP contribution < -0.4 is 9.62 Å². The van der Waals surface area contributed by atoms with E-state index in [4.69, 9.17) is 11.6 Å². The Bertz CT molecular complexity index is 1150. The SMILES string of the molecule is CCC(C)NC(=O)C(C)N(Cc1ccc(Cl)cc1)C(=O)CCCN(c1ccc(C)c(C)c1)S(C)(=O)=O. The Balaban J connectivity index is 2.18. The van der Waals surface area contributed by atoms with E-state index in [0.717, 1.165) is 29.4 Å². The fourth-order valence-corrected chi connectivity index (χ4v) is 4.80. The van der Waals surface area contributed by atoms with Gasteiger partial charge in [-0.2, -0.15) is 0 Å². The molecule has 0 aliphatic heterocycles. The Morgan fingerprint density at radius 1 is 1.03 bits per heavy atom. The molecule has 2 atom stereocenters. The lowest BCUT2D eigenvalue weighted by Gasteiger charge is -2.30. The largest absolute Gasteiger partial charge is 0.352 e. The molecule has 0 heterocycles. The highest BCUT2D eigenvalue weighted by molar-refractivity contribution is 7.92. The molecule has 0 saturated heterocycles. The summed E-state index contributed by atoms with van der Waals surface area (Å²) in [4.78, 5) is 27.7. The summed E-state index contributed by atoms with van der Waals surface area (Å²) in [5.41, 5.74) is 3.49. The third kappa shape index (κ3) is 8.52. The van der Waals surface area contributed by atoms with E-state index in [9.17, 15) is 18.0 Å². The number of carbonyl (C=O) groups excluding carboxylic acids is 2. The Labute approximate surface area is 220 Å². The van der Waals surface area contributed by atoms with Gasteiger partial charge in [0.1, 0.15) is 6.04 Å². The lowest BCUT2D eigenvalue weighted by atomic mass is 10.1. The molecule has 1 N–H and O–H groups in total. The standard InChI is InChI=1S/C27H38ClN3O4S/c1-7-21(4)29-27(33)22(5)30(18-23-11-13-24(28)14-12-23)26(32)9-8-16-31(36(6,34)35)25-15-10-19(2)20(3)17-25/h10-15,17,21-22H,7-9,16,18H2,1-6H3,(H,29,33). The molecule has 2 unspecified atom stereocenters. The van der Waals surface area contributed by atoms with Crippen molar-refractivity contribution >= 4 is 39.1 Å². The van der Waals surface area contributed by atoms with Crippen LogP contribution in [0.3, 0.4) is 0 Å². The molecule has 0 radical (unpaired) electrons. The molecule has 2 amide bonds. The average molecular weight is 536 g/mol. The van der Waals surface area contributed by atoms with E-state index < -0.39 is 16.1 Å². The molecule has 9 heteroatoms. The van der Waals surface area contributed by atoms with Crippen molar-refractivity contribution < 1.29 is 18.0 Å². The topological polar surface area (TPSA) is 86.8 Å². The third-order valence-corrected chi connectivity index (χ3v) is 7.81. The van der Waals surface area contributed by atoms with Gasteiger partial charge in [0.2, 0.25) is 21.8 Å². The quantitative estimate of drug-likeness (QED) is 0.421. The van der Waals surface area contributed by atoms with Crippen molar-refractivity contribution in [1.82, 2.24) is 10.2 Å². The van der Waals surface area contributed by atoms with Gasteiger partial charge < -0.3 is 10.2 Å². The van der Waals surface area contributed by atoms with Gasteiger partial charge in [-0.1, -0.05) is 36.7 Å². The minimum atomic E-state index is -3.53. The third-order valence-electron chi connectivity index (χ3n) is 6.37. The van der Waals surface area contributed by atoms with E-state index in [2.05, 4.69) is 5.32 Å². The van der Waals surface area contributed by atoms with Crippen LogP contribution >= 0.6 is 11.6 Å². The molecule has 2 rings (SSSR count). The molecular formula is C27H38ClN3O4S. The lowest BCUT2D eigenvalue weighted by molar-refractivity contribution is -0.140. The lowest BCUT2D eigenvalue weighted by Crippen LogP contribution is -2.49. The average Bonchev–Trinajstić information content (AvgIpc) is 2.81. The number of benzene rings is 2. The van der Waals surface area contributed by atoms with E-state index in [1.165, 1.54) is 4.31 Å². The number of aryl methyl sites for hydroxylation is 2. The number of nitrogens with zero attached hydrogens (tertiary/aromatic N) is 2. The van der Waals surface area contributed by atoms with Crippen molar-refractivity contribution in [2.75, 3.05) is 17.1 Å². The molecule has 36 heavy (non-hydrogen) atoms. The van der Waals surface area contributed by atoms with Crippen LogP contribution in [0.2, 0.25) is 5.02 Å². The van der Waals surface area contributed by atoms with Crippen LogP contribution in [-0.4, -0.2) is 50.0 Å². The van der Waals surface area contributed by atoms with Gasteiger partial charge in [-0.3, -0.25) is 13.9 Å². The monoisotopic (exact) mass is 535 g/mol. The maximum atomic E-state index is 13.3. The first-order valence-electron chi connectivity index (χ1n) is 12.2. The molecule has 2 aromatic rings. The van der Waals surface area contributed by atoms with Crippen LogP contribution in [0.25, 0.3) is 0 Å². The van der Waals surface area contributed by atoms with Crippen LogP contribution in [-0.2, 0) is 26.2 Å². The number of carbonyl (C=O) groups is 2. The smallest absolute Gasteiger partial charge is 0.242 e. The molecular weight excluding hydrogens is 498 g/mol. The van der Waals surface area contributed by atoms with E-state index in [-0.39, 0.29) is 37.4 Å². The Kier molecular flexibility index (Phi) is 10.8. The molecule has 0 aliphatic rings. The zero-order valence-electron chi connectivity index (χ0n) is 22.0. The highest BCUT2D eigenvalue weighted by Crippen LogP contribution is 2.22. The first kappa shape index (κ1) is 29.6. The van der Waals surface area contributed by atoms with Crippen LogP contribution in [0, 0.1) is 13.8 Å². The van der Waals surface area contributed by atoms with E-state index in [1.807, 2.05) is 52.0 Å². The van der Waals surface area contributed by atoms with Gasteiger partial charge >= 0.3 is 0 Å². The van der Waals surface area contributed by atoms with Crippen molar-refractivity contribution in [2.45, 2.75) is 72.5 Å². The van der Waals surface area contributed by atoms with E-state index in [1.54, 1.807) is 30.0 Å². The number of nitrogens with one attached hydrogen (secondary N) is 1. The zero-order valence-corrected chi connectivity index (χ0v) is 23.6. The second-order valence-electron chi connectivity index (χ2n) is 9.35. The zero-order chi connectivity index (χ0) is 27.0. The predicted molar refractivity (Wildman–Crippen MR) is 147 cm³/mol. The second-order valence-corrected chi connectivity index (χ2v) is 11.7. The molecule has 0 saturated carbocycles. The number of hydrogen-bond donors (Lipinski definition) is 1. The minimum absolute atomic E-state index is 0.00582. The van der Waals surface area contributed by atoms with Gasteiger partial charge in [0.25, 0.3) is 0 Å². The molecule has 0 spiro atoms. The van der Waals surface area contributed by atoms with Crippen LogP contribution in [0.15, 0.2) is 42.5 Å². The maximum absolute atomic E-state index is 13.3. The summed E-state index contributed by atoms with van der Waals surface area (Å²) >= 11 is 6.00. The fraction of sp³-hybridized carbons (Fsp3) is 0.481. The first-order valence-corrected chi connectivity index (χ1v) is 14.4.